The van der Waals surface area contributed by atoms with E-state index in [-0.39, 0.29) is 6.61 Å². The summed E-state index contributed by atoms with van der Waals surface area (Å²) < 4.78 is 5.48. The first kappa shape index (κ1) is 11.1. The van der Waals surface area contributed by atoms with Crippen molar-refractivity contribution in [2.24, 2.45) is 5.92 Å². The summed E-state index contributed by atoms with van der Waals surface area (Å²) in [6, 6.07) is 6.06. The van der Waals surface area contributed by atoms with Gasteiger partial charge in [0.25, 0.3) is 0 Å². The number of aromatic nitrogens is 1. The number of rotatable bonds is 4. The van der Waals surface area contributed by atoms with Gasteiger partial charge in [0.05, 0.1) is 0 Å². The third-order valence-electron chi connectivity index (χ3n) is 2.92. The molecule has 86 valence electrons. The number of aryl methyl sites for hydroxylation is 1. The maximum Gasteiger partial charge on any atom is 0.192 e. The fourth-order valence-electron chi connectivity index (χ4n) is 1.88. The molecule has 1 aromatic heterocycles. The van der Waals surface area contributed by atoms with Crippen molar-refractivity contribution in [2.75, 3.05) is 6.61 Å². The van der Waals surface area contributed by atoms with Crippen LogP contribution in [-0.2, 0) is 6.42 Å². The first-order valence-corrected chi connectivity index (χ1v) is 5.70. The fraction of sp³-hybridized carbons (Fsp3) is 0.462. The Morgan fingerprint density at radius 2 is 2.25 bits per heavy atom. The first-order valence-electron chi connectivity index (χ1n) is 5.70. The van der Waals surface area contributed by atoms with Gasteiger partial charge in [0.1, 0.15) is 5.52 Å². The Morgan fingerprint density at radius 3 is 2.94 bits per heavy atom. The third-order valence-corrected chi connectivity index (χ3v) is 2.92. The lowest BCUT2D eigenvalue weighted by Crippen LogP contribution is -2.07. The van der Waals surface area contributed by atoms with Crippen molar-refractivity contribution in [2.45, 2.75) is 26.7 Å². The summed E-state index contributed by atoms with van der Waals surface area (Å²) in [5.41, 5.74) is 2.94. The number of hydrogen-bond donors (Lipinski definition) is 1. The second kappa shape index (κ2) is 4.66. The Hall–Kier alpha value is -1.35. The van der Waals surface area contributed by atoms with Crippen molar-refractivity contribution in [3.63, 3.8) is 0 Å². The lowest BCUT2D eigenvalue weighted by Gasteiger charge is -2.10. The molecule has 1 atom stereocenters. The minimum atomic E-state index is 0.240. The van der Waals surface area contributed by atoms with E-state index in [0.717, 1.165) is 23.9 Å². The zero-order valence-electron chi connectivity index (χ0n) is 9.73. The molecule has 1 N–H and O–H groups in total. The molecule has 0 aliphatic heterocycles. The van der Waals surface area contributed by atoms with Crippen LogP contribution in [0.2, 0.25) is 0 Å². The van der Waals surface area contributed by atoms with Crippen molar-refractivity contribution in [3.8, 4) is 0 Å². The summed E-state index contributed by atoms with van der Waals surface area (Å²) in [4.78, 5) is 4.26. The Balaban J connectivity index is 2.24. The van der Waals surface area contributed by atoms with Crippen molar-refractivity contribution in [3.05, 3.63) is 29.7 Å². The van der Waals surface area contributed by atoms with Crippen LogP contribution >= 0.6 is 0 Å². The van der Waals surface area contributed by atoms with E-state index in [4.69, 9.17) is 9.52 Å². The molecule has 0 fully saturated rings. The summed E-state index contributed by atoms with van der Waals surface area (Å²) in [7, 11) is 0. The van der Waals surface area contributed by atoms with Crippen LogP contribution in [0.1, 0.15) is 24.8 Å². The van der Waals surface area contributed by atoms with Gasteiger partial charge in [-0.15, -0.1) is 0 Å². The van der Waals surface area contributed by atoms with Gasteiger partial charge in [0.15, 0.2) is 11.5 Å². The number of fused-ring (bicyclic) bond motifs is 1. The second-order valence-corrected chi connectivity index (χ2v) is 4.20. The van der Waals surface area contributed by atoms with Gasteiger partial charge in [-0.2, -0.15) is 0 Å². The molecule has 3 heteroatoms. The van der Waals surface area contributed by atoms with E-state index in [1.807, 2.05) is 19.1 Å². The molecule has 3 nitrogen and oxygen atoms in total. The minimum Gasteiger partial charge on any atom is -0.441 e. The zero-order valence-corrected chi connectivity index (χ0v) is 9.73. The molecular formula is C13H17NO2. The molecule has 1 unspecified atom stereocenters. The molecule has 0 bridgehead atoms. The highest BCUT2D eigenvalue weighted by Crippen LogP contribution is 2.19. The number of benzene rings is 1. The molecule has 0 saturated heterocycles. The lowest BCUT2D eigenvalue weighted by atomic mass is 9.98. The van der Waals surface area contributed by atoms with Gasteiger partial charge in [0.2, 0.25) is 0 Å². The van der Waals surface area contributed by atoms with Crippen molar-refractivity contribution in [1.29, 1.82) is 0 Å². The van der Waals surface area contributed by atoms with Gasteiger partial charge in [-0.05, 0) is 30.0 Å². The number of oxazole rings is 1. The maximum absolute atomic E-state index is 9.17. The molecular weight excluding hydrogens is 202 g/mol. The molecule has 2 aromatic rings. The van der Waals surface area contributed by atoms with E-state index in [1.54, 1.807) is 0 Å². The largest absolute Gasteiger partial charge is 0.441 e. The minimum absolute atomic E-state index is 0.240. The average Bonchev–Trinajstić information content (AvgIpc) is 2.65. The monoisotopic (exact) mass is 219 g/mol. The van der Waals surface area contributed by atoms with Gasteiger partial charge >= 0.3 is 0 Å². The van der Waals surface area contributed by atoms with Crippen molar-refractivity contribution < 1.29 is 9.52 Å². The predicted octanol–water partition coefficient (Wildman–Crippen LogP) is 2.70. The Morgan fingerprint density at radius 1 is 1.44 bits per heavy atom. The summed E-state index contributed by atoms with van der Waals surface area (Å²) in [6.45, 7) is 4.18. The van der Waals surface area contributed by atoms with Gasteiger partial charge in [-0.1, -0.05) is 19.4 Å². The smallest absolute Gasteiger partial charge is 0.192 e. The van der Waals surface area contributed by atoms with E-state index in [2.05, 4.69) is 18.0 Å². The molecule has 0 amide bonds. The standard InChI is InChI=1S/C13H17NO2/c1-3-10(8-15)6-11-4-5-12-13(7-11)16-9(2)14-12/h4-5,7,10,15H,3,6,8H2,1-2H3. The van der Waals surface area contributed by atoms with Gasteiger partial charge in [0, 0.05) is 13.5 Å². The first-order chi connectivity index (χ1) is 7.72. The molecule has 1 aromatic carbocycles. The van der Waals surface area contributed by atoms with E-state index >= 15 is 0 Å². The highest BCUT2D eigenvalue weighted by molar-refractivity contribution is 5.73. The molecule has 0 spiro atoms. The highest BCUT2D eigenvalue weighted by Gasteiger charge is 2.08. The quantitative estimate of drug-likeness (QED) is 0.860. The van der Waals surface area contributed by atoms with E-state index in [1.165, 1.54) is 5.56 Å². The van der Waals surface area contributed by atoms with E-state index < -0.39 is 0 Å². The number of hydrogen-bond acceptors (Lipinski definition) is 3. The molecule has 16 heavy (non-hydrogen) atoms. The predicted molar refractivity (Wildman–Crippen MR) is 63.3 cm³/mol. The van der Waals surface area contributed by atoms with Crippen LogP contribution in [0.3, 0.4) is 0 Å². The number of aliphatic hydroxyl groups is 1. The molecule has 2 rings (SSSR count). The molecule has 0 saturated carbocycles. The van der Waals surface area contributed by atoms with Gasteiger partial charge in [-0.3, -0.25) is 0 Å². The molecule has 0 radical (unpaired) electrons. The van der Waals surface area contributed by atoms with Crippen LogP contribution in [0, 0.1) is 12.8 Å². The summed E-state index contributed by atoms with van der Waals surface area (Å²) in [5.74, 6) is 1.03. The molecule has 1 heterocycles. The SMILES string of the molecule is CCC(CO)Cc1ccc2nc(C)oc2c1. The van der Waals surface area contributed by atoms with Crippen molar-refractivity contribution in [1.82, 2.24) is 4.98 Å². The van der Waals surface area contributed by atoms with E-state index in [9.17, 15) is 0 Å². The van der Waals surface area contributed by atoms with Gasteiger partial charge in [-0.25, -0.2) is 4.98 Å². The van der Waals surface area contributed by atoms with Crippen LogP contribution < -0.4 is 0 Å². The molecule has 0 aliphatic rings. The zero-order chi connectivity index (χ0) is 11.5. The topological polar surface area (TPSA) is 46.3 Å². The normalized spacial score (nSPS) is 13.2. The Labute approximate surface area is 95.1 Å². The summed E-state index contributed by atoms with van der Waals surface area (Å²) >= 11 is 0. The van der Waals surface area contributed by atoms with Crippen LogP contribution in [0.5, 0.6) is 0 Å². The third kappa shape index (κ3) is 2.25. The van der Waals surface area contributed by atoms with Crippen LogP contribution in [0.25, 0.3) is 11.1 Å². The Bertz CT molecular complexity index is 472. The maximum atomic E-state index is 9.17. The average molecular weight is 219 g/mol. The summed E-state index contributed by atoms with van der Waals surface area (Å²) in [6.07, 6.45) is 1.88. The number of nitrogens with zero attached hydrogens (tertiary/aromatic N) is 1. The Kier molecular flexibility index (Phi) is 3.25. The van der Waals surface area contributed by atoms with E-state index in [0.29, 0.717) is 11.8 Å². The van der Waals surface area contributed by atoms with Crippen LogP contribution in [-0.4, -0.2) is 16.7 Å². The lowest BCUT2D eigenvalue weighted by molar-refractivity contribution is 0.222. The van der Waals surface area contributed by atoms with Crippen LogP contribution in [0.4, 0.5) is 0 Å². The molecule has 0 aliphatic carbocycles. The fourth-order valence-corrected chi connectivity index (χ4v) is 1.88. The summed E-state index contributed by atoms with van der Waals surface area (Å²) in [5, 5.41) is 9.17. The second-order valence-electron chi connectivity index (χ2n) is 4.20. The highest BCUT2D eigenvalue weighted by atomic mass is 16.3. The van der Waals surface area contributed by atoms with Gasteiger partial charge < -0.3 is 9.52 Å². The number of aliphatic hydroxyl groups excluding tert-OH is 1. The van der Waals surface area contributed by atoms with Crippen LogP contribution in [0.15, 0.2) is 22.6 Å². The van der Waals surface area contributed by atoms with Crippen molar-refractivity contribution >= 4 is 11.1 Å².